The quantitative estimate of drug-likeness (QED) is 0.186. The van der Waals surface area contributed by atoms with Gasteiger partial charge in [0.1, 0.15) is 0 Å². The lowest BCUT2D eigenvalue weighted by Crippen LogP contribution is -1.87. The molecule has 0 nitrogen and oxygen atoms in total. The molecule has 44 heavy (non-hydrogen) atoms. The summed E-state index contributed by atoms with van der Waals surface area (Å²) in [6.07, 6.45) is 0. The van der Waals surface area contributed by atoms with Crippen LogP contribution >= 0.6 is 0 Å². The second kappa shape index (κ2) is 8.89. The lowest BCUT2D eigenvalue weighted by Gasteiger charge is -2.15. The molecule has 10 rings (SSSR count). The molecule has 0 saturated heterocycles. The molecule has 0 spiro atoms. The van der Waals surface area contributed by atoms with Gasteiger partial charge >= 0.3 is 0 Å². The van der Waals surface area contributed by atoms with Gasteiger partial charge < -0.3 is 0 Å². The molecular formula is C44H26. The Bertz CT molecular complexity index is 2750. The summed E-state index contributed by atoms with van der Waals surface area (Å²) in [6.45, 7) is 0. The van der Waals surface area contributed by atoms with Crippen LogP contribution in [0.1, 0.15) is 0 Å². The van der Waals surface area contributed by atoms with Gasteiger partial charge in [-0.25, -0.2) is 0 Å². The van der Waals surface area contributed by atoms with Gasteiger partial charge in [0.05, 0.1) is 0 Å². The predicted octanol–water partition coefficient (Wildman–Crippen LogP) is 12.5. The molecule has 0 aliphatic rings. The van der Waals surface area contributed by atoms with E-state index in [-0.39, 0.29) is 0 Å². The maximum absolute atomic E-state index is 2.37. The van der Waals surface area contributed by atoms with Crippen LogP contribution in [0.4, 0.5) is 0 Å². The fourth-order valence-electron chi connectivity index (χ4n) is 7.58. The first kappa shape index (κ1) is 23.8. The number of benzene rings is 10. The Hall–Kier alpha value is -5.72. The SMILES string of the molecule is c1ccc2c(c1)ccc1c3cc(-c4ccc5cc(-c6ccc7ccc8cccc9ccc6c7c89)ccc5c4)ccc3ccc21. The zero-order chi connectivity index (χ0) is 28.8. The molecule has 0 aliphatic heterocycles. The number of hydrogen-bond donors (Lipinski definition) is 0. The summed E-state index contributed by atoms with van der Waals surface area (Å²) in [5.41, 5.74) is 5.03. The van der Waals surface area contributed by atoms with Gasteiger partial charge in [-0.05, 0) is 116 Å². The van der Waals surface area contributed by atoms with E-state index in [2.05, 4.69) is 158 Å². The molecule has 10 aromatic carbocycles. The normalized spacial score (nSPS) is 12.1. The zero-order valence-corrected chi connectivity index (χ0v) is 24.0. The van der Waals surface area contributed by atoms with Crippen molar-refractivity contribution in [3.8, 4) is 22.3 Å². The molecule has 0 heteroatoms. The summed E-state index contributed by atoms with van der Waals surface area (Å²) < 4.78 is 0. The summed E-state index contributed by atoms with van der Waals surface area (Å²) >= 11 is 0. The van der Waals surface area contributed by atoms with E-state index in [0.29, 0.717) is 0 Å². The van der Waals surface area contributed by atoms with Crippen molar-refractivity contribution in [1.82, 2.24) is 0 Å². The van der Waals surface area contributed by atoms with E-state index >= 15 is 0 Å². The van der Waals surface area contributed by atoms with E-state index in [9.17, 15) is 0 Å². The van der Waals surface area contributed by atoms with Crippen LogP contribution in [0.15, 0.2) is 158 Å². The maximum atomic E-state index is 2.37. The molecule has 0 heterocycles. The number of hydrogen-bond acceptors (Lipinski definition) is 0. The Morgan fingerprint density at radius 2 is 0.727 bits per heavy atom. The summed E-state index contributed by atoms with van der Waals surface area (Å²) in [5, 5.41) is 18.3. The predicted molar refractivity (Wildman–Crippen MR) is 191 cm³/mol. The standard InChI is InChI=1S/C44H26/c1-2-7-37-27(4-1)16-22-40-39(37)21-17-28-8-11-35(26-42(28)40)33-12-13-34-25-36(15-14-32(34)24-33)38-20-18-31-10-9-29-5-3-6-30-19-23-41(38)44(31)43(29)30/h1-26H. The average Bonchev–Trinajstić information content (AvgIpc) is 3.09. The topological polar surface area (TPSA) is 0 Å². The van der Waals surface area contributed by atoms with Crippen LogP contribution in [0.3, 0.4) is 0 Å². The second-order valence-corrected chi connectivity index (χ2v) is 12.1. The highest BCUT2D eigenvalue weighted by molar-refractivity contribution is 6.25. The van der Waals surface area contributed by atoms with Crippen molar-refractivity contribution < 1.29 is 0 Å². The van der Waals surface area contributed by atoms with Crippen LogP contribution in [0.2, 0.25) is 0 Å². The highest BCUT2D eigenvalue weighted by Crippen LogP contribution is 2.40. The highest BCUT2D eigenvalue weighted by atomic mass is 14.2. The molecule has 0 aliphatic carbocycles. The first-order valence-electron chi connectivity index (χ1n) is 15.3. The maximum Gasteiger partial charge on any atom is -0.00206 e. The van der Waals surface area contributed by atoms with Crippen LogP contribution in [0, 0.1) is 0 Å². The van der Waals surface area contributed by atoms with Crippen molar-refractivity contribution >= 4 is 75.4 Å². The first-order valence-corrected chi connectivity index (χ1v) is 15.3. The molecular weight excluding hydrogens is 528 g/mol. The Kier molecular flexibility index (Phi) is 4.81. The van der Waals surface area contributed by atoms with Gasteiger partial charge in [0.15, 0.2) is 0 Å². The minimum atomic E-state index is 1.24. The molecule has 0 radical (unpaired) electrons. The largest absolute Gasteiger partial charge is 0.0616 e. The van der Waals surface area contributed by atoms with Gasteiger partial charge in [-0.3, -0.25) is 0 Å². The monoisotopic (exact) mass is 554 g/mol. The molecule has 10 aromatic rings. The Morgan fingerprint density at radius 3 is 1.55 bits per heavy atom. The highest BCUT2D eigenvalue weighted by Gasteiger charge is 2.13. The van der Waals surface area contributed by atoms with Crippen molar-refractivity contribution in [3.63, 3.8) is 0 Å². The van der Waals surface area contributed by atoms with E-state index in [1.807, 2.05) is 0 Å². The van der Waals surface area contributed by atoms with Crippen LogP contribution in [0.5, 0.6) is 0 Å². The molecule has 0 aromatic heterocycles. The van der Waals surface area contributed by atoms with Gasteiger partial charge in [-0.1, -0.05) is 140 Å². The molecule has 0 bridgehead atoms. The summed E-state index contributed by atoms with van der Waals surface area (Å²) in [7, 11) is 0. The average molecular weight is 555 g/mol. The third kappa shape index (κ3) is 3.40. The molecule has 0 unspecified atom stereocenters. The van der Waals surface area contributed by atoms with E-state index < -0.39 is 0 Å². The molecule has 0 saturated carbocycles. The molecule has 202 valence electrons. The third-order valence-electron chi connectivity index (χ3n) is 9.76. The fourth-order valence-corrected chi connectivity index (χ4v) is 7.58. The molecule has 0 N–H and O–H groups in total. The van der Waals surface area contributed by atoms with Gasteiger partial charge in [0.2, 0.25) is 0 Å². The number of rotatable bonds is 2. The molecule has 0 atom stereocenters. The van der Waals surface area contributed by atoms with Gasteiger partial charge in [0, 0.05) is 0 Å². The van der Waals surface area contributed by atoms with E-state index in [1.165, 1.54) is 97.7 Å². The van der Waals surface area contributed by atoms with E-state index in [4.69, 9.17) is 0 Å². The van der Waals surface area contributed by atoms with Gasteiger partial charge in [-0.2, -0.15) is 0 Å². The van der Waals surface area contributed by atoms with Crippen molar-refractivity contribution in [2.75, 3.05) is 0 Å². The smallest absolute Gasteiger partial charge is 0.00206 e. The third-order valence-corrected chi connectivity index (χ3v) is 9.76. The second-order valence-electron chi connectivity index (χ2n) is 12.1. The van der Waals surface area contributed by atoms with Crippen LogP contribution in [0.25, 0.3) is 97.7 Å². The molecule has 0 amide bonds. The van der Waals surface area contributed by atoms with Crippen molar-refractivity contribution in [2.24, 2.45) is 0 Å². The van der Waals surface area contributed by atoms with Crippen molar-refractivity contribution in [1.29, 1.82) is 0 Å². The molecule has 0 fully saturated rings. The lowest BCUT2D eigenvalue weighted by molar-refractivity contribution is 1.67. The fraction of sp³-hybridized carbons (Fsp3) is 0. The Morgan fingerprint density at radius 1 is 0.227 bits per heavy atom. The van der Waals surface area contributed by atoms with Crippen LogP contribution in [-0.2, 0) is 0 Å². The Labute approximate surface area is 254 Å². The van der Waals surface area contributed by atoms with Crippen molar-refractivity contribution in [3.05, 3.63) is 158 Å². The van der Waals surface area contributed by atoms with Crippen LogP contribution in [-0.4, -0.2) is 0 Å². The zero-order valence-electron chi connectivity index (χ0n) is 24.0. The number of fused-ring (bicyclic) bond motifs is 6. The lowest BCUT2D eigenvalue weighted by atomic mass is 9.89. The van der Waals surface area contributed by atoms with Gasteiger partial charge in [-0.15, -0.1) is 0 Å². The minimum absolute atomic E-state index is 1.24. The Balaban J connectivity index is 1.10. The van der Waals surface area contributed by atoms with E-state index in [0.717, 1.165) is 0 Å². The minimum Gasteiger partial charge on any atom is -0.0616 e. The summed E-state index contributed by atoms with van der Waals surface area (Å²) in [6, 6.07) is 58.7. The first-order chi connectivity index (χ1) is 21.8. The van der Waals surface area contributed by atoms with E-state index in [1.54, 1.807) is 0 Å². The summed E-state index contributed by atoms with van der Waals surface area (Å²) in [5.74, 6) is 0. The van der Waals surface area contributed by atoms with Gasteiger partial charge in [0.25, 0.3) is 0 Å². The summed E-state index contributed by atoms with van der Waals surface area (Å²) in [4.78, 5) is 0. The van der Waals surface area contributed by atoms with Crippen LogP contribution < -0.4 is 0 Å². The van der Waals surface area contributed by atoms with Crippen molar-refractivity contribution in [2.45, 2.75) is 0 Å².